The SMILES string of the molecule is CCCc1nnc(NC[C@H]2CCN(c3ccc(F)cc3)C2)s1. The first kappa shape index (κ1) is 15.2. The van der Waals surface area contributed by atoms with Gasteiger partial charge in [0, 0.05) is 31.7 Å². The van der Waals surface area contributed by atoms with Crippen LogP contribution in [0.2, 0.25) is 0 Å². The lowest BCUT2D eigenvalue weighted by Crippen LogP contribution is -2.22. The number of nitrogens with one attached hydrogen (secondary N) is 1. The van der Waals surface area contributed by atoms with Gasteiger partial charge in [-0.2, -0.15) is 0 Å². The van der Waals surface area contributed by atoms with Crippen LogP contribution in [-0.4, -0.2) is 29.8 Å². The van der Waals surface area contributed by atoms with E-state index in [0.717, 1.165) is 54.7 Å². The molecule has 6 heteroatoms. The quantitative estimate of drug-likeness (QED) is 0.883. The van der Waals surface area contributed by atoms with Crippen molar-refractivity contribution in [2.24, 2.45) is 5.92 Å². The van der Waals surface area contributed by atoms with Crippen molar-refractivity contribution in [3.63, 3.8) is 0 Å². The van der Waals surface area contributed by atoms with Gasteiger partial charge in [0.1, 0.15) is 10.8 Å². The molecular formula is C16H21FN4S. The minimum atomic E-state index is -0.180. The van der Waals surface area contributed by atoms with E-state index < -0.39 is 0 Å². The molecule has 1 fully saturated rings. The summed E-state index contributed by atoms with van der Waals surface area (Å²) in [4.78, 5) is 2.31. The molecular weight excluding hydrogens is 299 g/mol. The van der Waals surface area contributed by atoms with Gasteiger partial charge in [-0.05, 0) is 43.0 Å². The van der Waals surface area contributed by atoms with Gasteiger partial charge in [-0.15, -0.1) is 10.2 Å². The van der Waals surface area contributed by atoms with Gasteiger partial charge in [-0.25, -0.2) is 4.39 Å². The Hall–Kier alpha value is -1.69. The van der Waals surface area contributed by atoms with Crippen LogP contribution in [0.15, 0.2) is 24.3 Å². The normalized spacial score (nSPS) is 17.9. The molecule has 0 unspecified atom stereocenters. The molecule has 1 aromatic carbocycles. The van der Waals surface area contributed by atoms with Crippen LogP contribution in [0.4, 0.5) is 15.2 Å². The number of nitrogens with zero attached hydrogens (tertiary/aromatic N) is 3. The lowest BCUT2D eigenvalue weighted by atomic mass is 10.1. The van der Waals surface area contributed by atoms with Gasteiger partial charge < -0.3 is 10.2 Å². The summed E-state index contributed by atoms with van der Waals surface area (Å²) in [5, 5.41) is 13.8. The molecule has 0 radical (unpaired) electrons. The van der Waals surface area contributed by atoms with Crippen molar-refractivity contribution < 1.29 is 4.39 Å². The van der Waals surface area contributed by atoms with E-state index in [1.807, 2.05) is 12.1 Å². The number of hydrogen-bond acceptors (Lipinski definition) is 5. The summed E-state index contributed by atoms with van der Waals surface area (Å²) in [6.45, 7) is 5.09. The van der Waals surface area contributed by atoms with Crippen molar-refractivity contribution in [1.29, 1.82) is 0 Å². The maximum absolute atomic E-state index is 13.0. The Morgan fingerprint density at radius 1 is 1.32 bits per heavy atom. The molecule has 0 amide bonds. The highest BCUT2D eigenvalue weighted by atomic mass is 32.1. The Morgan fingerprint density at radius 2 is 2.14 bits per heavy atom. The van der Waals surface area contributed by atoms with Gasteiger partial charge >= 0.3 is 0 Å². The zero-order valence-electron chi connectivity index (χ0n) is 12.8. The van der Waals surface area contributed by atoms with Crippen molar-refractivity contribution in [2.75, 3.05) is 29.9 Å². The Morgan fingerprint density at radius 3 is 2.91 bits per heavy atom. The van der Waals surface area contributed by atoms with Crippen LogP contribution in [0.25, 0.3) is 0 Å². The lowest BCUT2D eigenvalue weighted by Gasteiger charge is -2.18. The van der Waals surface area contributed by atoms with Gasteiger partial charge in [-0.1, -0.05) is 18.3 Å². The number of rotatable bonds is 6. The third-order valence-electron chi connectivity index (χ3n) is 3.95. The van der Waals surface area contributed by atoms with Crippen LogP contribution in [0.5, 0.6) is 0 Å². The van der Waals surface area contributed by atoms with Crippen molar-refractivity contribution in [3.05, 3.63) is 35.1 Å². The van der Waals surface area contributed by atoms with Gasteiger partial charge in [-0.3, -0.25) is 0 Å². The van der Waals surface area contributed by atoms with Gasteiger partial charge in [0.2, 0.25) is 5.13 Å². The summed E-state index contributed by atoms with van der Waals surface area (Å²) in [5.74, 6) is 0.406. The number of hydrogen-bond donors (Lipinski definition) is 1. The highest BCUT2D eigenvalue weighted by molar-refractivity contribution is 7.15. The molecule has 1 N–H and O–H groups in total. The van der Waals surface area contributed by atoms with E-state index >= 15 is 0 Å². The second kappa shape index (κ2) is 7.05. The summed E-state index contributed by atoms with van der Waals surface area (Å²) in [5.41, 5.74) is 1.10. The lowest BCUT2D eigenvalue weighted by molar-refractivity contribution is 0.621. The third kappa shape index (κ3) is 3.74. The summed E-state index contributed by atoms with van der Waals surface area (Å²) < 4.78 is 13.0. The van der Waals surface area contributed by atoms with E-state index in [0.29, 0.717) is 5.92 Å². The number of anilines is 2. The molecule has 0 aliphatic carbocycles. The van der Waals surface area contributed by atoms with E-state index in [4.69, 9.17) is 0 Å². The minimum absolute atomic E-state index is 0.180. The average Bonchev–Trinajstić information content (AvgIpc) is 3.16. The van der Waals surface area contributed by atoms with E-state index in [2.05, 4.69) is 27.3 Å². The predicted octanol–water partition coefficient (Wildman–Crippen LogP) is 3.57. The predicted molar refractivity (Wildman–Crippen MR) is 89.1 cm³/mol. The molecule has 22 heavy (non-hydrogen) atoms. The van der Waals surface area contributed by atoms with E-state index in [9.17, 15) is 4.39 Å². The molecule has 2 heterocycles. The molecule has 2 aromatic rings. The molecule has 1 aliphatic heterocycles. The monoisotopic (exact) mass is 320 g/mol. The average molecular weight is 320 g/mol. The van der Waals surface area contributed by atoms with E-state index in [1.165, 1.54) is 12.1 Å². The van der Waals surface area contributed by atoms with Gasteiger partial charge in [0.25, 0.3) is 0 Å². The van der Waals surface area contributed by atoms with Gasteiger partial charge in [0.05, 0.1) is 0 Å². The summed E-state index contributed by atoms with van der Waals surface area (Å²) in [6, 6.07) is 6.76. The summed E-state index contributed by atoms with van der Waals surface area (Å²) >= 11 is 1.65. The Balaban J connectivity index is 1.49. The van der Waals surface area contributed by atoms with Crippen LogP contribution in [0.1, 0.15) is 24.8 Å². The molecule has 0 saturated carbocycles. The van der Waals surface area contributed by atoms with Crippen LogP contribution >= 0.6 is 11.3 Å². The molecule has 1 atom stereocenters. The Bertz CT molecular complexity index is 598. The first-order chi connectivity index (χ1) is 10.7. The summed E-state index contributed by atoms with van der Waals surface area (Å²) in [7, 11) is 0. The highest BCUT2D eigenvalue weighted by Crippen LogP contribution is 2.25. The van der Waals surface area contributed by atoms with Crippen LogP contribution < -0.4 is 10.2 Å². The van der Waals surface area contributed by atoms with Crippen molar-refractivity contribution in [2.45, 2.75) is 26.2 Å². The smallest absolute Gasteiger partial charge is 0.205 e. The maximum atomic E-state index is 13.0. The topological polar surface area (TPSA) is 41.1 Å². The van der Waals surface area contributed by atoms with Crippen LogP contribution in [0, 0.1) is 11.7 Å². The second-order valence-corrected chi connectivity index (χ2v) is 6.77. The summed E-state index contributed by atoms with van der Waals surface area (Å²) in [6.07, 6.45) is 3.25. The molecule has 0 bridgehead atoms. The fourth-order valence-corrected chi connectivity index (χ4v) is 3.61. The maximum Gasteiger partial charge on any atom is 0.205 e. The molecule has 4 nitrogen and oxygen atoms in total. The van der Waals surface area contributed by atoms with Crippen LogP contribution in [-0.2, 0) is 6.42 Å². The molecule has 3 rings (SSSR count). The number of aryl methyl sites for hydroxylation is 1. The fraction of sp³-hybridized carbons (Fsp3) is 0.500. The Kier molecular flexibility index (Phi) is 4.87. The molecule has 118 valence electrons. The molecule has 1 aromatic heterocycles. The first-order valence-electron chi connectivity index (χ1n) is 7.81. The first-order valence-corrected chi connectivity index (χ1v) is 8.63. The highest BCUT2D eigenvalue weighted by Gasteiger charge is 2.22. The standard InChI is InChI=1S/C16H21FN4S/c1-2-3-15-19-20-16(22-15)18-10-12-8-9-21(11-12)14-6-4-13(17)5-7-14/h4-7,12H,2-3,8-11H2,1H3,(H,18,20)/t12-/m1/s1. The van der Waals surface area contributed by atoms with Crippen molar-refractivity contribution in [1.82, 2.24) is 10.2 Å². The zero-order chi connectivity index (χ0) is 15.4. The van der Waals surface area contributed by atoms with Crippen LogP contribution in [0.3, 0.4) is 0 Å². The second-order valence-electron chi connectivity index (χ2n) is 5.71. The van der Waals surface area contributed by atoms with Gasteiger partial charge in [0.15, 0.2) is 0 Å². The van der Waals surface area contributed by atoms with Crippen molar-refractivity contribution >= 4 is 22.2 Å². The fourth-order valence-electron chi connectivity index (χ4n) is 2.76. The molecule has 0 spiro atoms. The number of aromatic nitrogens is 2. The van der Waals surface area contributed by atoms with E-state index in [-0.39, 0.29) is 5.82 Å². The van der Waals surface area contributed by atoms with E-state index in [1.54, 1.807) is 11.3 Å². The largest absolute Gasteiger partial charge is 0.371 e. The number of benzene rings is 1. The number of halogens is 1. The zero-order valence-corrected chi connectivity index (χ0v) is 13.6. The molecule has 1 saturated heterocycles. The Labute approximate surface area is 134 Å². The van der Waals surface area contributed by atoms with Crippen molar-refractivity contribution in [3.8, 4) is 0 Å². The minimum Gasteiger partial charge on any atom is -0.371 e. The molecule has 1 aliphatic rings. The third-order valence-corrected chi connectivity index (χ3v) is 4.89.